The minimum Gasteiger partial charge on any atom is -0.478 e. The van der Waals surface area contributed by atoms with Gasteiger partial charge in [-0.25, -0.2) is 9.59 Å². The average Bonchev–Trinajstić information content (AvgIpc) is 2.43. The maximum atomic E-state index is 11.3. The monoisotopic (exact) mass is 340 g/mol. The van der Waals surface area contributed by atoms with E-state index in [0.717, 1.165) is 12.1 Å². The Morgan fingerprint density at radius 2 is 1.08 bits per heavy atom. The molecule has 1 rings (SSSR count). The maximum absolute atomic E-state index is 11.3. The van der Waals surface area contributed by atoms with E-state index in [2.05, 4.69) is 0 Å². The number of aromatic carboxylic acids is 2. The van der Waals surface area contributed by atoms with Crippen LogP contribution in [0.5, 0.6) is 0 Å². The number of aliphatic hydroxyl groups excluding tert-OH is 2. The largest absolute Gasteiger partial charge is 0.478 e. The van der Waals surface area contributed by atoms with Crippen molar-refractivity contribution in [2.24, 2.45) is 11.5 Å². The molecule has 1 aromatic carbocycles. The lowest BCUT2D eigenvalue weighted by molar-refractivity contribution is -0.121. The number of rotatable bonds is 8. The van der Waals surface area contributed by atoms with E-state index in [1.807, 2.05) is 0 Å². The van der Waals surface area contributed by atoms with Crippen molar-refractivity contribution >= 4 is 23.8 Å². The number of benzene rings is 1. The fourth-order valence-corrected chi connectivity index (χ4v) is 2.31. The molecule has 130 valence electrons. The summed E-state index contributed by atoms with van der Waals surface area (Å²) in [5, 5.41) is 38.6. The number of hydrogen-bond donors (Lipinski definition) is 6. The normalized spacial score (nSPS) is 13.1. The molecule has 0 saturated carbocycles. The molecule has 0 aliphatic heterocycles. The number of carboxylic acids is 2. The second-order valence-corrected chi connectivity index (χ2v) is 4.97. The Kier molecular flexibility index (Phi) is 5.98. The number of aliphatic hydroxyl groups is 2. The van der Waals surface area contributed by atoms with Crippen molar-refractivity contribution in [3.63, 3.8) is 0 Å². The summed E-state index contributed by atoms with van der Waals surface area (Å²) in [5.41, 5.74) is 7.85. The minimum atomic E-state index is -1.79. The fourth-order valence-electron chi connectivity index (χ4n) is 2.31. The first-order valence-corrected chi connectivity index (χ1v) is 6.62. The van der Waals surface area contributed by atoms with Gasteiger partial charge in [0.15, 0.2) is 0 Å². The van der Waals surface area contributed by atoms with Crippen LogP contribution in [0.3, 0.4) is 0 Å². The second-order valence-electron chi connectivity index (χ2n) is 4.97. The van der Waals surface area contributed by atoms with E-state index in [1.54, 1.807) is 0 Å². The van der Waals surface area contributed by atoms with E-state index >= 15 is 0 Å². The van der Waals surface area contributed by atoms with Crippen molar-refractivity contribution in [2.75, 3.05) is 0 Å². The number of carbonyl (C=O) groups excluding carboxylic acids is 2. The van der Waals surface area contributed by atoms with Gasteiger partial charge >= 0.3 is 11.9 Å². The lowest BCUT2D eigenvalue weighted by atomic mass is 9.87. The highest BCUT2D eigenvalue weighted by Crippen LogP contribution is 2.33. The molecule has 0 heterocycles. The minimum absolute atomic E-state index is 0.505. The van der Waals surface area contributed by atoms with Gasteiger partial charge in [0, 0.05) is 11.1 Å². The van der Waals surface area contributed by atoms with Gasteiger partial charge < -0.3 is 31.9 Å². The third-order valence-electron chi connectivity index (χ3n) is 3.20. The molecule has 0 aliphatic carbocycles. The number of carbonyl (C=O) groups is 4. The molecule has 0 radical (unpaired) electrons. The Balaban J connectivity index is 3.71. The molecule has 0 aliphatic rings. The first-order valence-electron chi connectivity index (χ1n) is 6.62. The molecule has 8 N–H and O–H groups in total. The fraction of sp³-hybridized carbons (Fsp3) is 0.286. The van der Waals surface area contributed by atoms with Crippen molar-refractivity contribution in [3.05, 3.63) is 34.4 Å². The van der Waals surface area contributed by atoms with Crippen molar-refractivity contribution in [3.8, 4) is 0 Å². The molecule has 2 atom stereocenters. The highest BCUT2D eigenvalue weighted by molar-refractivity contribution is 5.96. The van der Waals surface area contributed by atoms with E-state index in [1.165, 1.54) is 0 Å². The standard InChI is InChI=1S/C14H16N2O8/c15-9(19)3-7(17)11-5(13(21)22)1-2-6(14(23)24)12(11)8(18)4-10(16)20/h1-2,7-8,17-18H,3-4H2,(H2,15,19)(H2,16,20)(H,21,22)(H,23,24)/t7-,8-/m1/s1. The molecule has 0 aromatic heterocycles. The molecule has 0 unspecified atom stereocenters. The molecule has 24 heavy (non-hydrogen) atoms. The SMILES string of the molecule is NC(=O)C[C@@H](O)c1c(C(=O)O)ccc(C(=O)O)c1[C@H](O)CC(N)=O. The molecule has 2 amide bonds. The molecular formula is C14H16N2O8. The van der Waals surface area contributed by atoms with Crippen LogP contribution in [0.15, 0.2) is 12.1 Å². The zero-order valence-corrected chi connectivity index (χ0v) is 12.3. The second kappa shape index (κ2) is 7.53. The van der Waals surface area contributed by atoms with Crippen LogP contribution in [-0.2, 0) is 9.59 Å². The van der Waals surface area contributed by atoms with E-state index in [0.29, 0.717) is 0 Å². The molecule has 10 nitrogen and oxygen atoms in total. The Labute approximate surface area is 135 Å². The van der Waals surface area contributed by atoms with Gasteiger partial charge in [-0.3, -0.25) is 9.59 Å². The molecular weight excluding hydrogens is 324 g/mol. The van der Waals surface area contributed by atoms with Crippen molar-refractivity contribution < 1.29 is 39.6 Å². The highest BCUT2D eigenvalue weighted by Gasteiger charge is 2.30. The maximum Gasteiger partial charge on any atom is 0.336 e. The predicted molar refractivity (Wildman–Crippen MR) is 77.9 cm³/mol. The highest BCUT2D eigenvalue weighted by atomic mass is 16.4. The summed E-state index contributed by atoms with van der Waals surface area (Å²) in [6.45, 7) is 0. The number of amides is 2. The third-order valence-corrected chi connectivity index (χ3v) is 3.20. The van der Waals surface area contributed by atoms with Crippen LogP contribution in [0.2, 0.25) is 0 Å². The van der Waals surface area contributed by atoms with Crippen LogP contribution < -0.4 is 11.5 Å². The number of nitrogens with two attached hydrogens (primary N) is 2. The van der Waals surface area contributed by atoms with Gasteiger partial charge in [0.25, 0.3) is 0 Å². The van der Waals surface area contributed by atoms with Gasteiger partial charge in [-0.15, -0.1) is 0 Å². The lowest BCUT2D eigenvalue weighted by Crippen LogP contribution is -2.23. The van der Waals surface area contributed by atoms with Gasteiger partial charge in [-0.2, -0.15) is 0 Å². The Morgan fingerprint density at radius 1 is 0.792 bits per heavy atom. The Hall–Kier alpha value is -2.98. The number of hydrogen-bond acceptors (Lipinski definition) is 6. The first-order chi connectivity index (χ1) is 11.1. The Morgan fingerprint density at radius 3 is 1.29 bits per heavy atom. The van der Waals surface area contributed by atoms with E-state index in [-0.39, 0.29) is 0 Å². The zero-order chi connectivity index (χ0) is 18.6. The summed E-state index contributed by atoms with van der Waals surface area (Å²) in [6.07, 6.45) is -4.99. The first kappa shape index (κ1) is 19.1. The average molecular weight is 340 g/mol. The summed E-state index contributed by atoms with van der Waals surface area (Å²) in [4.78, 5) is 44.7. The number of carboxylic acid groups (broad SMARTS) is 2. The van der Waals surface area contributed by atoms with Crippen LogP contribution in [0.25, 0.3) is 0 Å². The summed E-state index contributed by atoms with van der Waals surface area (Å²) in [5.74, 6) is -5.01. The summed E-state index contributed by atoms with van der Waals surface area (Å²) >= 11 is 0. The van der Waals surface area contributed by atoms with Crippen molar-refractivity contribution in [2.45, 2.75) is 25.0 Å². The van der Waals surface area contributed by atoms with Crippen LogP contribution in [0.4, 0.5) is 0 Å². The molecule has 0 fully saturated rings. The molecule has 0 bridgehead atoms. The van der Waals surface area contributed by atoms with Gasteiger partial charge in [-0.05, 0) is 12.1 Å². The zero-order valence-electron chi connectivity index (χ0n) is 12.3. The molecule has 10 heteroatoms. The van der Waals surface area contributed by atoms with E-state index in [9.17, 15) is 39.6 Å². The summed E-state index contributed by atoms with van der Waals surface area (Å²) in [6, 6.07) is 1.82. The molecule has 0 spiro atoms. The summed E-state index contributed by atoms with van der Waals surface area (Å²) in [7, 11) is 0. The van der Waals surface area contributed by atoms with Crippen molar-refractivity contribution in [1.82, 2.24) is 0 Å². The predicted octanol–water partition coefficient (Wildman–Crippen LogP) is -1.10. The topological polar surface area (TPSA) is 201 Å². The van der Waals surface area contributed by atoms with Crippen molar-refractivity contribution in [1.29, 1.82) is 0 Å². The van der Waals surface area contributed by atoms with E-state index < -0.39 is 71.1 Å². The van der Waals surface area contributed by atoms with Crippen LogP contribution in [0, 0.1) is 0 Å². The van der Waals surface area contributed by atoms with Crippen LogP contribution in [-0.4, -0.2) is 44.2 Å². The lowest BCUT2D eigenvalue weighted by Gasteiger charge is -2.22. The smallest absolute Gasteiger partial charge is 0.336 e. The summed E-state index contributed by atoms with van der Waals surface area (Å²) < 4.78 is 0. The van der Waals surface area contributed by atoms with Crippen LogP contribution in [0.1, 0.15) is 56.9 Å². The molecule has 1 aromatic rings. The quantitative estimate of drug-likeness (QED) is 0.342. The van der Waals surface area contributed by atoms with Gasteiger partial charge in [0.1, 0.15) is 0 Å². The van der Waals surface area contributed by atoms with Gasteiger partial charge in [0.05, 0.1) is 36.2 Å². The van der Waals surface area contributed by atoms with Crippen LogP contribution >= 0.6 is 0 Å². The third kappa shape index (κ3) is 4.27. The van der Waals surface area contributed by atoms with E-state index in [4.69, 9.17) is 11.5 Å². The molecule has 0 saturated heterocycles. The van der Waals surface area contributed by atoms with Gasteiger partial charge in [-0.1, -0.05) is 0 Å². The Bertz CT molecular complexity index is 641. The number of primary amides is 2. The van der Waals surface area contributed by atoms with Gasteiger partial charge in [0.2, 0.25) is 11.8 Å².